The number of hydrogen-bond donors (Lipinski definition) is 0. The van der Waals surface area contributed by atoms with Crippen LogP contribution in [-0.2, 0) is 24.5 Å². The number of rotatable bonds is 8. The lowest BCUT2D eigenvalue weighted by Gasteiger charge is -2.12. The van der Waals surface area contributed by atoms with Crippen LogP contribution in [0.1, 0.15) is 16.7 Å². The molecule has 192 valence electrons. The van der Waals surface area contributed by atoms with Crippen LogP contribution in [0.15, 0.2) is 81.7 Å². The topological polar surface area (TPSA) is 108 Å². The normalized spacial score (nSPS) is 12.8. The van der Waals surface area contributed by atoms with Crippen molar-refractivity contribution in [3.63, 3.8) is 0 Å². The highest BCUT2D eigenvalue weighted by Crippen LogP contribution is 2.28. The number of nitrogens with zero attached hydrogens (tertiary/aromatic N) is 1. The second-order valence-electron chi connectivity index (χ2n) is 7.47. The zero-order valence-corrected chi connectivity index (χ0v) is 20.7. The summed E-state index contributed by atoms with van der Waals surface area (Å²) in [5, 5.41) is 2.86. The minimum atomic E-state index is -5.03. The first-order valence-corrected chi connectivity index (χ1v) is 12.9. The Hall–Kier alpha value is -3.58. The molecule has 0 bridgehead atoms. The van der Waals surface area contributed by atoms with E-state index in [9.17, 15) is 30.0 Å². The van der Waals surface area contributed by atoms with Crippen molar-refractivity contribution < 1.29 is 43.2 Å². The van der Waals surface area contributed by atoms with Gasteiger partial charge in [-0.1, -0.05) is 22.9 Å². The van der Waals surface area contributed by atoms with E-state index in [1.54, 1.807) is 19.1 Å². The van der Waals surface area contributed by atoms with Gasteiger partial charge in [0.25, 0.3) is 0 Å². The highest BCUT2D eigenvalue weighted by Gasteiger charge is 2.38. The van der Waals surface area contributed by atoms with E-state index in [1.807, 2.05) is 0 Å². The second kappa shape index (κ2) is 10.2. The monoisotopic (exact) mass is 543 g/mol. The molecule has 3 rings (SSSR count). The highest BCUT2D eigenvalue weighted by molar-refractivity contribution is 7.87. The summed E-state index contributed by atoms with van der Waals surface area (Å²) in [7, 11) is -7.67. The van der Waals surface area contributed by atoms with E-state index in [-0.39, 0.29) is 22.0 Å². The standard InChI is InChI=1S/C23H20F3NO7S2/c1-15-4-10-19(11-5-15)35(28,29)33-21-13-12-20(14-16(21)2)36(30,31)34-27-22(23(24,25)26)17-6-8-18(32-3)9-7-17/h4-14H,1-3H3. The third-order valence-corrected chi connectivity index (χ3v) is 7.15. The van der Waals surface area contributed by atoms with Crippen LogP contribution in [-0.4, -0.2) is 35.8 Å². The molecule has 3 aromatic rings. The van der Waals surface area contributed by atoms with E-state index in [0.717, 1.165) is 35.9 Å². The number of aryl methyl sites for hydroxylation is 2. The van der Waals surface area contributed by atoms with Gasteiger partial charge >= 0.3 is 26.4 Å². The Morgan fingerprint density at radius 1 is 0.806 bits per heavy atom. The Balaban J connectivity index is 1.86. The van der Waals surface area contributed by atoms with Gasteiger partial charge in [-0.05, 0) is 74.0 Å². The molecule has 0 N–H and O–H groups in total. The third-order valence-electron chi connectivity index (χ3n) is 4.80. The summed E-state index contributed by atoms with van der Waals surface area (Å²) in [6.07, 6.45) is -5.03. The molecule has 0 aliphatic rings. The molecule has 0 unspecified atom stereocenters. The molecule has 36 heavy (non-hydrogen) atoms. The Kier molecular flexibility index (Phi) is 7.65. The minimum absolute atomic E-state index is 0.0746. The number of hydrogen-bond acceptors (Lipinski definition) is 8. The zero-order valence-electron chi connectivity index (χ0n) is 19.1. The van der Waals surface area contributed by atoms with Crippen LogP contribution in [0.2, 0.25) is 0 Å². The van der Waals surface area contributed by atoms with E-state index in [4.69, 9.17) is 8.92 Å². The average molecular weight is 544 g/mol. The Morgan fingerprint density at radius 3 is 1.92 bits per heavy atom. The van der Waals surface area contributed by atoms with Gasteiger partial charge in [0.2, 0.25) is 0 Å². The number of halogens is 3. The van der Waals surface area contributed by atoms with Gasteiger partial charge in [-0.15, -0.1) is 0 Å². The van der Waals surface area contributed by atoms with Crippen molar-refractivity contribution in [2.45, 2.75) is 29.8 Å². The maximum Gasteiger partial charge on any atom is 0.437 e. The smallest absolute Gasteiger partial charge is 0.437 e. The maximum atomic E-state index is 13.5. The van der Waals surface area contributed by atoms with Crippen molar-refractivity contribution in [3.8, 4) is 11.5 Å². The van der Waals surface area contributed by atoms with Crippen LogP contribution in [0.5, 0.6) is 11.5 Å². The third kappa shape index (κ3) is 6.34. The lowest BCUT2D eigenvalue weighted by molar-refractivity contribution is -0.0597. The molecule has 0 saturated heterocycles. The summed E-state index contributed by atoms with van der Waals surface area (Å²) in [5.41, 5.74) is -1.11. The van der Waals surface area contributed by atoms with Crippen LogP contribution in [0.3, 0.4) is 0 Å². The summed E-state index contributed by atoms with van der Waals surface area (Å²) >= 11 is 0. The number of methoxy groups -OCH3 is 1. The van der Waals surface area contributed by atoms with Gasteiger partial charge in [-0.25, -0.2) is 0 Å². The van der Waals surface area contributed by atoms with Gasteiger partial charge in [0.05, 0.1) is 7.11 Å². The van der Waals surface area contributed by atoms with Gasteiger partial charge in [0.15, 0.2) is 5.71 Å². The molecule has 0 fully saturated rings. The van der Waals surface area contributed by atoms with Crippen LogP contribution in [0.25, 0.3) is 0 Å². The van der Waals surface area contributed by atoms with Gasteiger partial charge in [0, 0.05) is 5.56 Å². The van der Waals surface area contributed by atoms with Gasteiger partial charge in [0.1, 0.15) is 21.3 Å². The van der Waals surface area contributed by atoms with Crippen molar-refractivity contribution in [1.82, 2.24) is 0 Å². The second-order valence-corrected chi connectivity index (χ2v) is 10.5. The van der Waals surface area contributed by atoms with E-state index in [1.165, 1.54) is 38.3 Å². The number of benzene rings is 3. The van der Waals surface area contributed by atoms with Crippen molar-refractivity contribution in [2.24, 2.45) is 5.16 Å². The molecular weight excluding hydrogens is 523 g/mol. The number of alkyl halides is 3. The fraction of sp³-hybridized carbons (Fsp3) is 0.174. The van der Waals surface area contributed by atoms with Gasteiger partial charge < -0.3 is 8.92 Å². The lowest BCUT2D eigenvalue weighted by atomic mass is 10.1. The predicted molar refractivity (Wildman–Crippen MR) is 124 cm³/mol. The van der Waals surface area contributed by atoms with Gasteiger partial charge in [-0.3, -0.25) is 4.28 Å². The summed E-state index contributed by atoms with van der Waals surface area (Å²) in [6.45, 7) is 3.14. The summed E-state index contributed by atoms with van der Waals surface area (Å²) in [5.74, 6) is 0.114. The van der Waals surface area contributed by atoms with Crippen molar-refractivity contribution in [2.75, 3.05) is 7.11 Å². The fourth-order valence-corrected chi connectivity index (χ4v) is 4.69. The van der Waals surface area contributed by atoms with Crippen LogP contribution in [0.4, 0.5) is 13.2 Å². The molecule has 0 aliphatic heterocycles. The predicted octanol–water partition coefficient (Wildman–Crippen LogP) is 4.75. The minimum Gasteiger partial charge on any atom is -0.497 e. The average Bonchev–Trinajstić information content (AvgIpc) is 2.80. The molecule has 3 aromatic carbocycles. The molecule has 0 saturated carbocycles. The van der Waals surface area contributed by atoms with Crippen molar-refractivity contribution in [1.29, 1.82) is 0 Å². The highest BCUT2D eigenvalue weighted by atomic mass is 32.2. The summed E-state index contributed by atoms with van der Waals surface area (Å²) in [6, 6.07) is 13.4. The van der Waals surface area contributed by atoms with Crippen molar-refractivity contribution >= 4 is 25.9 Å². The summed E-state index contributed by atoms with van der Waals surface area (Å²) in [4.78, 5) is -0.667. The van der Waals surface area contributed by atoms with E-state index < -0.39 is 42.6 Å². The molecule has 0 radical (unpaired) electrons. The molecule has 0 spiro atoms. The van der Waals surface area contributed by atoms with Crippen LogP contribution < -0.4 is 8.92 Å². The first kappa shape index (κ1) is 27.0. The van der Waals surface area contributed by atoms with Crippen molar-refractivity contribution in [3.05, 3.63) is 83.4 Å². The van der Waals surface area contributed by atoms with Crippen LogP contribution >= 0.6 is 0 Å². The van der Waals surface area contributed by atoms with Crippen LogP contribution in [0, 0.1) is 13.8 Å². The molecule has 0 aromatic heterocycles. The largest absolute Gasteiger partial charge is 0.497 e. The maximum absolute atomic E-state index is 13.5. The quantitative estimate of drug-likeness (QED) is 0.229. The fourth-order valence-electron chi connectivity index (χ4n) is 2.89. The number of ether oxygens (including phenoxy) is 1. The molecule has 0 atom stereocenters. The first-order valence-electron chi connectivity index (χ1n) is 10.1. The Labute approximate surface area is 206 Å². The van der Waals surface area contributed by atoms with E-state index >= 15 is 0 Å². The molecule has 0 amide bonds. The Morgan fingerprint density at radius 2 is 1.39 bits per heavy atom. The zero-order chi connectivity index (χ0) is 26.7. The molecule has 13 heteroatoms. The number of oxime groups is 1. The molecule has 0 heterocycles. The lowest BCUT2D eigenvalue weighted by Crippen LogP contribution is -2.25. The van der Waals surface area contributed by atoms with E-state index in [0.29, 0.717) is 0 Å². The van der Waals surface area contributed by atoms with E-state index in [2.05, 4.69) is 9.44 Å². The summed E-state index contributed by atoms with van der Waals surface area (Å²) < 4.78 is 105. The molecular formula is C23H20F3NO7S2. The SMILES string of the molecule is COc1ccc(C(=NOS(=O)(=O)c2ccc(OS(=O)(=O)c3ccc(C)cc3)c(C)c2)C(F)(F)F)cc1. The Bertz CT molecular complexity index is 1480. The molecule has 0 aliphatic carbocycles. The first-order chi connectivity index (χ1) is 16.7. The molecule has 8 nitrogen and oxygen atoms in total. The van der Waals surface area contributed by atoms with Gasteiger partial charge in [-0.2, -0.15) is 30.0 Å².